The van der Waals surface area contributed by atoms with Crippen LogP contribution >= 0.6 is 11.8 Å². The van der Waals surface area contributed by atoms with E-state index in [9.17, 15) is 14.4 Å². The Labute approximate surface area is 215 Å². The second kappa shape index (κ2) is 11.0. The van der Waals surface area contributed by atoms with Crippen LogP contribution in [0.5, 0.6) is 0 Å². The number of hydrogen-bond donors (Lipinski definition) is 1. The van der Waals surface area contributed by atoms with Crippen LogP contribution in [0.3, 0.4) is 0 Å². The van der Waals surface area contributed by atoms with Crippen LogP contribution in [-0.4, -0.2) is 57.4 Å². The van der Waals surface area contributed by atoms with Gasteiger partial charge in [0.15, 0.2) is 5.69 Å². The van der Waals surface area contributed by atoms with E-state index in [2.05, 4.69) is 10.4 Å². The normalized spacial score (nSPS) is 17.0. The molecule has 36 heavy (non-hydrogen) atoms. The van der Waals surface area contributed by atoms with Crippen molar-refractivity contribution >= 4 is 29.5 Å². The minimum Gasteiger partial charge on any atom is -0.461 e. The average molecular weight is 507 g/mol. The van der Waals surface area contributed by atoms with Gasteiger partial charge in [-0.25, -0.2) is 4.79 Å². The molecule has 1 aliphatic rings. The van der Waals surface area contributed by atoms with Crippen LogP contribution in [0.2, 0.25) is 0 Å². The lowest BCUT2D eigenvalue weighted by Gasteiger charge is -2.43. The molecule has 1 unspecified atom stereocenters. The Balaban J connectivity index is 1.61. The Hall–Kier alpha value is -3.59. The van der Waals surface area contributed by atoms with E-state index in [1.807, 2.05) is 60.9 Å². The summed E-state index contributed by atoms with van der Waals surface area (Å²) >= 11 is 1.67. The molecule has 0 saturated heterocycles. The Kier molecular flexibility index (Phi) is 7.79. The molecule has 0 fully saturated rings. The van der Waals surface area contributed by atoms with Crippen LogP contribution in [0.25, 0.3) is 0 Å². The van der Waals surface area contributed by atoms with Crippen LogP contribution in [-0.2, 0) is 29.0 Å². The molecule has 2 aromatic carbocycles. The molecule has 2 heterocycles. The molecule has 9 heteroatoms. The second-order valence-electron chi connectivity index (χ2n) is 8.79. The summed E-state index contributed by atoms with van der Waals surface area (Å²) in [6, 6.07) is 19.2. The predicted molar refractivity (Wildman–Crippen MR) is 138 cm³/mol. The van der Waals surface area contributed by atoms with Crippen molar-refractivity contribution in [3.8, 4) is 0 Å². The molecule has 1 N–H and O–H groups in total. The molecule has 8 nitrogen and oxygen atoms in total. The topological polar surface area (TPSA) is 93.5 Å². The molecule has 0 saturated carbocycles. The van der Waals surface area contributed by atoms with Gasteiger partial charge in [0.1, 0.15) is 11.2 Å². The maximum atomic E-state index is 13.7. The van der Waals surface area contributed by atoms with Crippen molar-refractivity contribution in [2.45, 2.75) is 43.8 Å². The summed E-state index contributed by atoms with van der Waals surface area (Å²) in [6.45, 7) is 4.47. The van der Waals surface area contributed by atoms with Crippen molar-refractivity contribution in [1.82, 2.24) is 20.0 Å². The summed E-state index contributed by atoms with van der Waals surface area (Å²) in [5.41, 5.74) is 1.15. The molecule has 1 atom stereocenters. The first-order chi connectivity index (χ1) is 17.4. The molecule has 0 spiro atoms. The fraction of sp³-hybridized carbons (Fsp3) is 0.333. The number of nitrogens with one attached hydrogen (secondary N) is 1. The number of amides is 2. The first-order valence-electron chi connectivity index (χ1n) is 11.9. The van der Waals surface area contributed by atoms with Crippen LogP contribution in [0.1, 0.15) is 46.0 Å². The SMILES string of the molecule is CCOC(=O)c1cc2n(n1)CC(C)(C(=O)NCc1ccccc1)N(CCc1ccc(SC)cc1)C2=O. The number of hydrogen-bond acceptors (Lipinski definition) is 6. The van der Waals surface area contributed by atoms with Gasteiger partial charge < -0.3 is 15.0 Å². The quantitative estimate of drug-likeness (QED) is 0.352. The van der Waals surface area contributed by atoms with E-state index in [1.54, 1.807) is 30.5 Å². The zero-order valence-corrected chi connectivity index (χ0v) is 21.5. The smallest absolute Gasteiger partial charge is 0.358 e. The van der Waals surface area contributed by atoms with Crippen LogP contribution in [0.4, 0.5) is 0 Å². The fourth-order valence-electron chi connectivity index (χ4n) is 4.30. The molecular weight excluding hydrogens is 476 g/mol. The number of carbonyl (C=O) groups is 3. The van der Waals surface area contributed by atoms with Crippen molar-refractivity contribution in [3.63, 3.8) is 0 Å². The first-order valence-corrected chi connectivity index (χ1v) is 13.1. The molecule has 1 aliphatic heterocycles. The lowest BCUT2D eigenvalue weighted by Crippen LogP contribution is -2.64. The van der Waals surface area contributed by atoms with Crippen LogP contribution in [0, 0.1) is 0 Å². The average Bonchev–Trinajstić information content (AvgIpc) is 3.32. The summed E-state index contributed by atoms with van der Waals surface area (Å²) in [4.78, 5) is 42.2. The number of rotatable bonds is 9. The van der Waals surface area contributed by atoms with Gasteiger partial charge in [-0.2, -0.15) is 5.10 Å². The van der Waals surface area contributed by atoms with E-state index in [0.29, 0.717) is 19.5 Å². The number of esters is 1. The van der Waals surface area contributed by atoms with Gasteiger partial charge in [0, 0.05) is 24.1 Å². The number of nitrogens with zero attached hydrogens (tertiary/aromatic N) is 3. The predicted octanol–water partition coefficient (Wildman–Crippen LogP) is 3.56. The summed E-state index contributed by atoms with van der Waals surface area (Å²) in [6.07, 6.45) is 2.61. The van der Waals surface area contributed by atoms with E-state index in [-0.39, 0.29) is 36.4 Å². The van der Waals surface area contributed by atoms with E-state index >= 15 is 0 Å². The number of fused-ring (bicyclic) bond motifs is 1. The maximum absolute atomic E-state index is 13.7. The third kappa shape index (κ3) is 5.31. The molecule has 0 radical (unpaired) electrons. The van der Waals surface area contributed by atoms with Crippen molar-refractivity contribution in [1.29, 1.82) is 0 Å². The molecule has 0 bridgehead atoms. The molecule has 4 rings (SSSR count). The zero-order chi connectivity index (χ0) is 25.7. The van der Waals surface area contributed by atoms with Crippen LogP contribution in [0.15, 0.2) is 65.6 Å². The largest absolute Gasteiger partial charge is 0.461 e. The number of benzene rings is 2. The number of ether oxygens (including phenoxy) is 1. The standard InChI is InChI=1S/C27H30N4O4S/c1-4-35-25(33)22-16-23-24(32)30(15-14-19-10-12-21(36-3)13-11-19)27(2,18-31(23)29-22)26(34)28-17-20-8-6-5-7-9-20/h5-13,16H,4,14-15,17-18H2,1-3H3,(H,28,34). The molecular formula is C27H30N4O4S. The summed E-state index contributed by atoms with van der Waals surface area (Å²) < 4.78 is 6.50. The van der Waals surface area contributed by atoms with Crippen molar-refractivity contribution < 1.29 is 19.1 Å². The van der Waals surface area contributed by atoms with Crippen molar-refractivity contribution in [3.05, 3.63) is 83.2 Å². The Bertz CT molecular complexity index is 1240. The lowest BCUT2D eigenvalue weighted by molar-refractivity contribution is -0.133. The number of carbonyl (C=O) groups excluding carboxylic acids is 3. The summed E-state index contributed by atoms with van der Waals surface area (Å²) in [7, 11) is 0. The Morgan fingerprint density at radius 3 is 2.50 bits per heavy atom. The van der Waals surface area contributed by atoms with E-state index in [4.69, 9.17) is 4.74 Å². The highest BCUT2D eigenvalue weighted by Crippen LogP contribution is 2.28. The van der Waals surface area contributed by atoms with Gasteiger partial charge in [-0.3, -0.25) is 14.3 Å². The van der Waals surface area contributed by atoms with Gasteiger partial charge in [-0.1, -0.05) is 42.5 Å². The molecule has 188 valence electrons. The molecule has 2 amide bonds. The summed E-state index contributed by atoms with van der Waals surface area (Å²) in [5.74, 6) is -1.22. The van der Waals surface area contributed by atoms with Gasteiger partial charge in [-0.15, -0.1) is 11.8 Å². The minimum absolute atomic E-state index is 0.0572. The molecule has 3 aromatic rings. The minimum atomic E-state index is -1.20. The first kappa shape index (κ1) is 25.5. The monoisotopic (exact) mass is 506 g/mol. The fourth-order valence-corrected chi connectivity index (χ4v) is 4.71. The maximum Gasteiger partial charge on any atom is 0.358 e. The highest BCUT2D eigenvalue weighted by Gasteiger charge is 2.48. The third-order valence-electron chi connectivity index (χ3n) is 6.35. The third-order valence-corrected chi connectivity index (χ3v) is 7.09. The second-order valence-corrected chi connectivity index (χ2v) is 9.67. The highest BCUT2D eigenvalue weighted by atomic mass is 32.2. The van der Waals surface area contributed by atoms with E-state index < -0.39 is 11.5 Å². The number of aromatic nitrogens is 2. The van der Waals surface area contributed by atoms with Gasteiger partial charge in [0.2, 0.25) is 5.91 Å². The molecule has 1 aromatic heterocycles. The Morgan fingerprint density at radius 1 is 1.11 bits per heavy atom. The highest BCUT2D eigenvalue weighted by molar-refractivity contribution is 7.98. The van der Waals surface area contributed by atoms with Crippen LogP contribution < -0.4 is 5.32 Å². The zero-order valence-electron chi connectivity index (χ0n) is 20.7. The number of thioether (sulfide) groups is 1. The lowest BCUT2D eigenvalue weighted by atomic mass is 9.94. The van der Waals surface area contributed by atoms with Gasteiger partial charge in [0.05, 0.1) is 13.2 Å². The van der Waals surface area contributed by atoms with Gasteiger partial charge >= 0.3 is 5.97 Å². The van der Waals surface area contributed by atoms with Gasteiger partial charge in [0.25, 0.3) is 5.91 Å². The van der Waals surface area contributed by atoms with Gasteiger partial charge in [-0.05, 0) is 49.8 Å². The van der Waals surface area contributed by atoms with E-state index in [0.717, 1.165) is 16.0 Å². The molecule has 0 aliphatic carbocycles. The van der Waals surface area contributed by atoms with E-state index in [1.165, 1.54) is 10.7 Å². The van der Waals surface area contributed by atoms with Crippen molar-refractivity contribution in [2.24, 2.45) is 0 Å². The Morgan fingerprint density at radius 2 is 1.83 bits per heavy atom. The summed E-state index contributed by atoms with van der Waals surface area (Å²) in [5, 5.41) is 7.29. The van der Waals surface area contributed by atoms with Crippen molar-refractivity contribution in [2.75, 3.05) is 19.4 Å².